The molecule has 0 fully saturated rings. The molecule has 6 nitrogen and oxygen atoms in total. The van der Waals surface area contributed by atoms with E-state index in [0.29, 0.717) is 0 Å². The van der Waals surface area contributed by atoms with E-state index in [1.807, 2.05) is 24.3 Å². The van der Waals surface area contributed by atoms with E-state index in [4.69, 9.17) is 28.4 Å². The minimum Gasteiger partial charge on any atom is -0.497 e. The van der Waals surface area contributed by atoms with Crippen LogP contribution in [0.2, 0.25) is 0 Å². The van der Waals surface area contributed by atoms with Gasteiger partial charge in [-0.3, -0.25) is 0 Å². The predicted octanol–water partition coefficient (Wildman–Crippen LogP) is 6.90. The number of methoxy groups -OCH3 is 6. The Balaban J connectivity index is 1.64. The van der Waals surface area contributed by atoms with E-state index < -0.39 is 0 Å². The van der Waals surface area contributed by atoms with Crippen LogP contribution in [0.3, 0.4) is 0 Å². The second kappa shape index (κ2) is 10.3. The number of rotatable bonds is 8. The second-order valence-corrected chi connectivity index (χ2v) is 10.2. The van der Waals surface area contributed by atoms with E-state index in [2.05, 4.69) is 48.5 Å². The summed E-state index contributed by atoms with van der Waals surface area (Å²) in [4.78, 5) is 0. The molecule has 0 N–H and O–H groups in total. The second-order valence-electron chi connectivity index (χ2n) is 10.2. The molecule has 0 amide bonds. The minimum absolute atomic E-state index is 0.0887. The average Bonchev–Trinajstić information content (AvgIpc) is 3.50. The standard InChI is InChI=1S/C34H34O6/c1-35-21-11-7-19(8-12-21)31-23-15-27(37-3)29(39-5)17-25(23)34-32(20-9-13-22(36-2)14-10-20)24-16-28(38-4)30(40-6)18-26(24)33(31)34/h7-18,31-34H,1-6H3/t31-,32-,33+,34+/m0/s1. The molecular weight excluding hydrogens is 504 g/mol. The van der Waals surface area contributed by atoms with E-state index in [1.165, 1.54) is 33.4 Å². The number of fused-ring (bicyclic) bond motifs is 5. The molecule has 4 atom stereocenters. The van der Waals surface area contributed by atoms with Gasteiger partial charge in [0, 0.05) is 23.7 Å². The zero-order valence-electron chi connectivity index (χ0n) is 23.7. The number of ether oxygens (including phenoxy) is 6. The third-order valence-electron chi connectivity index (χ3n) is 8.62. The SMILES string of the molecule is COc1ccc([C@H]2c3cc(OC)c(OC)cc3[C@@H]3[C@@H](c4ccc(OC)cc4)c4cc(OC)c(OC)cc4[C@H]23)cc1. The first-order valence-corrected chi connectivity index (χ1v) is 13.4. The van der Waals surface area contributed by atoms with Crippen LogP contribution in [0, 0.1) is 0 Å². The first kappa shape index (κ1) is 25.9. The van der Waals surface area contributed by atoms with Crippen LogP contribution < -0.4 is 28.4 Å². The molecule has 6 heteroatoms. The summed E-state index contributed by atoms with van der Waals surface area (Å²) < 4.78 is 34.1. The molecular formula is C34H34O6. The Kier molecular flexibility index (Phi) is 6.70. The summed E-state index contributed by atoms with van der Waals surface area (Å²) in [5.74, 6) is 5.08. The molecule has 0 aliphatic heterocycles. The third kappa shape index (κ3) is 3.93. The summed E-state index contributed by atoms with van der Waals surface area (Å²) in [6.45, 7) is 0. The minimum atomic E-state index is 0.0887. The van der Waals surface area contributed by atoms with Crippen LogP contribution in [0.5, 0.6) is 34.5 Å². The predicted molar refractivity (Wildman–Crippen MR) is 154 cm³/mol. The zero-order chi connectivity index (χ0) is 28.0. The number of benzene rings is 4. The Hall–Kier alpha value is -4.32. The lowest BCUT2D eigenvalue weighted by molar-refractivity contribution is 0.353. The Bertz CT molecular complexity index is 1410. The van der Waals surface area contributed by atoms with Crippen molar-refractivity contribution in [3.05, 3.63) is 106 Å². The maximum absolute atomic E-state index is 5.80. The summed E-state index contributed by atoms with van der Waals surface area (Å²) >= 11 is 0. The average molecular weight is 539 g/mol. The molecule has 2 aliphatic rings. The molecule has 0 saturated heterocycles. The maximum atomic E-state index is 5.80. The highest BCUT2D eigenvalue weighted by Gasteiger charge is 2.53. The fourth-order valence-electron chi connectivity index (χ4n) is 6.88. The van der Waals surface area contributed by atoms with Gasteiger partial charge >= 0.3 is 0 Å². The van der Waals surface area contributed by atoms with Crippen molar-refractivity contribution in [2.45, 2.75) is 23.7 Å². The lowest BCUT2D eigenvalue weighted by Crippen LogP contribution is -2.10. The smallest absolute Gasteiger partial charge is 0.161 e. The lowest BCUT2D eigenvalue weighted by atomic mass is 9.79. The molecule has 4 aromatic carbocycles. The summed E-state index contributed by atoms with van der Waals surface area (Å²) in [7, 11) is 10.2. The first-order valence-electron chi connectivity index (χ1n) is 13.4. The largest absolute Gasteiger partial charge is 0.497 e. The van der Waals surface area contributed by atoms with Crippen LogP contribution >= 0.6 is 0 Å². The van der Waals surface area contributed by atoms with Crippen molar-refractivity contribution in [2.75, 3.05) is 42.7 Å². The molecule has 0 radical (unpaired) electrons. The quantitative estimate of drug-likeness (QED) is 0.243. The summed E-state index contributed by atoms with van der Waals surface area (Å²) in [5.41, 5.74) is 7.46. The van der Waals surface area contributed by atoms with E-state index in [0.717, 1.165) is 34.5 Å². The van der Waals surface area contributed by atoms with E-state index in [1.54, 1.807) is 42.7 Å². The fourth-order valence-corrected chi connectivity index (χ4v) is 6.88. The molecule has 0 aromatic heterocycles. The van der Waals surface area contributed by atoms with Crippen molar-refractivity contribution in [2.24, 2.45) is 0 Å². The van der Waals surface area contributed by atoms with Gasteiger partial charge in [0.2, 0.25) is 0 Å². The van der Waals surface area contributed by atoms with Gasteiger partial charge in [0.1, 0.15) is 11.5 Å². The summed E-state index contributed by atoms with van der Waals surface area (Å²) in [5, 5.41) is 0. The Morgan fingerprint density at radius 1 is 0.375 bits per heavy atom. The fraction of sp³-hybridized carbons (Fsp3) is 0.294. The van der Waals surface area contributed by atoms with Gasteiger partial charge in [-0.25, -0.2) is 0 Å². The Morgan fingerprint density at radius 2 is 0.675 bits per heavy atom. The third-order valence-corrected chi connectivity index (χ3v) is 8.62. The number of hydrogen-bond donors (Lipinski definition) is 0. The molecule has 0 heterocycles. The molecule has 2 aliphatic carbocycles. The summed E-state index contributed by atoms with van der Waals surface area (Å²) in [6, 6.07) is 25.5. The van der Waals surface area contributed by atoms with Crippen LogP contribution in [0.25, 0.3) is 0 Å². The van der Waals surface area contributed by atoms with Crippen molar-refractivity contribution in [3.8, 4) is 34.5 Å². The molecule has 0 saturated carbocycles. The maximum Gasteiger partial charge on any atom is 0.161 e. The van der Waals surface area contributed by atoms with E-state index in [9.17, 15) is 0 Å². The highest BCUT2D eigenvalue weighted by molar-refractivity contribution is 5.66. The molecule has 6 rings (SSSR count). The van der Waals surface area contributed by atoms with Gasteiger partial charge in [-0.1, -0.05) is 24.3 Å². The van der Waals surface area contributed by atoms with Crippen molar-refractivity contribution < 1.29 is 28.4 Å². The molecule has 4 aromatic rings. The van der Waals surface area contributed by atoms with Crippen LogP contribution in [0.4, 0.5) is 0 Å². The molecule has 0 unspecified atom stereocenters. The van der Waals surface area contributed by atoms with Crippen molar-refractivity contribution in [1.29, 1.82) is 0 Å². The first-order chi connectivity index (χ1) is 19.6. The van der Waals surface area contributed by atoms with Gasteiger partial charge < -0.3 is 28.4 Å². The van der Waals surface area contributed by atoms with Gasteiger partial charge in [0.05, 0.1) is 42.7 Å². The van der Waals surface area contributed by atoms with Crippen molar-refractivity contribution >= 4 is 0 Å². The molecule has 40 heavy (non-hydrogen) atoms. The van der Waals surface area contributed by atoms with Gasteiger partial charge in [0.15, 0.2) is 23.0 Å². The topological polar surface area (TPSA) is 55.4 Å². The lowest BCUT2D eigenvalue weighted by Gasteiger charge is -2.23. The molecule has 0 bridgehead atoms. The normalized spacial score (nSPS) is 20.2. The zero-order valence-corrected chi connectivity index (χ0v) is 23.7. The van der Waals surface area contributed by atoms with E-state index >= 15 is 0 Å². The van der Waals surface area contributed by atoms with Crippen LogP contribution in [0.15, 0.2) is 72.8 Å². The van der Waals surface area contributed by atoms with Crippen LogP contribution in [-0.2, 0) is 0 Å². The highest BCUT2D eigenvalue weighted by atomic mass is 16.5. The Morgan fingerprint density at radius 3 is 0.950 bits per heavy atom. The van der Waals surface area contributed by atoms with Gasteiger partial charge in [-0.2, -0.15) is 0 Å². The molecule has 206 valence electrons. The van der Waals surface area contributed by atoms with Crippen molar-refractivity contribution in [3.63, 3.8) is 0 Å². The van der Waals surface area contributed by atoms with Crippen LogP contribution in [0.1, 0.15) is 57.1 Å². The van der Waals surface area contributed by atoms with Crippen molar-refractivity contribution in [1.82, 2.24) is 0 Å². The molecule has 0 spiro atoms. The van der Waals surface area contributed by atoms with Crippen LogP contribution in [-0.4, -0.2) is 42.7 Å². The van der Waals surface area contributed by atoms with E-state index in [-0.39, 0.29) is 23.7 Å². The summed E-state index contributed by atoms with van der Waals surface area (Å²) in [6.07, 6.45) is 0. The van der Waals surface area contributed by atoms with Gasteiger partial charge in [0.25, 0.3) is 0 Å². The highest BCUT2D eigenvalue weighted by Crippen LogP contribution is 2.67. The monoisotopic (exact) mass is 538 g/mol. The Labute approximate surface area is 235 Å². The number of hydrogen-bond acceptors (Lipinski definition) is 6. The van der Waals surface area contributed by atoms with Gasteiger partial charge in [-0.15, -0.1) is 0 Å². The van der Waals surface area contributed by atoms with Gasteiger partial charge in [-0.05, 0) is 81.9 Å².